The van der Waals surface area contributed by atoms with Gasteiger partial charge in [-0.25, -0.2) is 9.78 Å². The maximum absolute atomic E-state index is 12.7. The first kappa shape index (κ1) is 16.7. The molecule has 3 rings (SSSR count). The van der Waals surface area contributed by atoms with Gasteiger partial charge in [0.2, 0.25) is 0 Å². The summed E-state index contributed by atoms with van der Waals surface area (Å²) in [6.07, 6.45) is 5.61. The van der Waals surface area contributed by atoms with Gasteiger partial charge >= 0.3 is 5.97 Å². The number of ether oxygens (including phenoxy) is 1. The molecule has 0 saturated heterocycles. The number of esters is 1. The van der Waals surface area contributed by atoms with Crippen molar-refractivity contribution in [1.82, 2.24) is 10.3 Å². The zero-order valence-corrected chi connectivity index (χ0v) is 14.6. The lowest BCUT2D eigenvalue weighted by Gasteiger charge is -2.35. The molecule has 1 saturated carbocycles. The largest absolute Gasteiger partial charge is 0.467 e. The van der Waals surface area contributed by atoms with Crippen LogP contribution in [0.5, 0.6) is 0 Å². The number of carbonyl (C=O) groups is 2. The summed E-state index contributed by atoms with van der Waals surface area (Å²) < 4.78 is 10.3. The Balaban J connectivity index is 1.84. The maximum atomic E-state index is 12.7. The molecule has 128 valence electrons. The van der Waals surface area contributed by atoms with E-state index >= 15 is 0 Å². The predicted molar refractivity (Wildman–Crippen MR) is 89.9 cm³/mol. The number of hydrogen-bond donors (Lipinski definition) is 1. The van der Waals surface area contributed by atoms with Gasteiger partial charge in [-0.2, -0.15) is 0 Å². The Morgan fingerprint density at radius 1 is 1.33 bits per heavy atom. The van der Waals surface area contributed by atoms with Gasteiger partial charge in [0.25, 0.3) is 5.91 Å². The van der Waals surface area contributed by atoms with E-state index in [0.29, 0.717) is 29.3 Å². The minimum Gasteiger partial charge on any atom is -0.467 e. The highest BCUT2D eigenvalue weighted by Gasteiger charge is 2.42. The summed E-state index contributed by atoms with van der Waals surface area (Å²) in [7, 11) is 1.36. The molecule has 0 bridgehead atoms. The second-order valence-electron chi connectivity index (χ2n) is 5.99. The third-order valence-electron chi connectivity index (χ3n) is 4.38. The Morgan fingerprint density at radius 2 is 2.08 bits per heavy atom. The molecule has 0 radical (unpaired) electrons. The van der Waals surface area contributed by atoms with Crippen LogP contribution in [0.25, 0.3) is 10.8 Å². The molecule has 1 fully saturated rings. The van der Waals surface area contributed by atoms with Crippen LogP contribution in [0.3, 0.4) is 0 Å². The van der Waals surface area contributed by atoms with Gasteiger partial charge in [-0.05, 0) is 31.9 Å². The highest BCUT2D eigenvalue weighted by atomic mass is 32.1. The van der Waals surface area contributed by atoms with Crippen molar-refractivity contribution in [1.29, 1.82) is 0 Å². The van der Waals surface area contributed by atoms with Crippen molar-refractivity contribution in [3.63, 3.8) is 0 Å². The molecule has 0 aromatic carbocycles. The van der Waals surface area contributed by atoms with Crippen molar-refractivity contribution >= 4 is 23.2 Å². The van der Waals surface area contributed by atoms with Crippen LogP contribution < -0.4 is 5.32 Å². The van der Waals surface area contributed by atoms with E-state index in [4.69, 9.17) is 9.15 Å². The number of nitrogens with one attached hydrogen (secondary N) is 1. The topological polar surface area (TPSA) is 81.4 Å². The van der Waals surface area contributed by atoms with Gasteiger partial charge in [0, 0.05) is 4.88 Å². The first-order chi connectivity index (χ1) is 11.6. The van der Waals surface area contributed by atoms with Crippen molar-refractivity contribution in [2.24, 2.45) is 0 Å². The fourth-order valence-corrected chi connectivity index (χ4v) is 4.00. The summed E-state index contributed by atoms with van der Waals surface area (Å²) in [4.78, 5) is 30.2. The molecule has 1 aliphatic carbocycles. The van der Waals surface area contributed by atoms with Crippen LogP contribution in [0.2, 0.25) is 0 Å². The first-order valence-electron chi connectivity index (χ1n) is 7.98. The molecule has 24 heavy (non-hydrogen) atoms. The minimum atomic E-state index is -0.939. The summed E-state index contributed by atoms with van der Waals surface area (Å²) in [5.41, 5.74) is -0.606. The number of furan rings is 1. The Kier molecular flexibility index (Phi) is 4.71. The fraction of sp³-hybridized carbons (Fsp3) is 0.471. The first-order valence-corrected chi connectivity index (χ1v) is 8.79. The molecule has 2 aromatic heterocycles. The summed E-state index contributed by atoms with van der Waals surface area (Å²) in [5, 5.41) is 3.55. The molecular weight excluding hydrogens is 328 g/mol. The molecule has 0 unspecified atom stereocenters. The number of aryl methyl sites for hydroxylation is 1. The SMILES string of the molecule is COC(=O)C1(NC(=O)c2nc(-c3ccco3)sc2C)CCCCC1. The average Bonchev–Trinajstić information content (AvgIpc) is 3.24. The van der Waals surface area contributed by atoms with E-state index in [0.717, 1.165) is 24.1 Å². The summed E-state index contributed by atoms with van der Waals surface area (Å²) in [6, 6.07) is 3.58. The lowest BCUT2D eigenvalue weighted by atomic mass is 9.81. The number of aromatic nitrogens is 1. The number of carbonyl (C=O) groups excluding carboxylic acids is 2. The Morgan fingerprint density at radius 3 is 2.71 bits per heavy atom. The normalized spacial score (nSPS) is 16.6. The van der Waals surface area contributed by atoms with E-state index in [1.807, 2.05) is 6.92 Å². The van der Waals surface area contributed by atoms with E-state index in [9.17, 15) is 9.59 Å². The minimum absolute atomic E-state index is 0.334. The van der Waals surface area contributed by atoms with Gasteiger partial charge in [0.1, 0.15) is 11.2 Å². The van der Waals surface area contributed by atoms with Crippen molar-refractivity contribution in [2.75, 3.05) is 7.11 Å². The predicted octanol–water partition coefficient (Wildman–Crippen LogP) is 3.32. The second-order valence-corrected chi connectivity index (χ2v) is 7.19. The summed E-state index contributed by atoms with van der Waals surface area (Å²) in [5.74, 6) is -0.0916. The summed E-state index contributed by atoms with van der Waals surface area (Å²) in [6.45, 7) is 1.84. The Labute approximate surface area is 144 Å². The van der Waals surface area contributed by atoms with Crippen LogP contribution in [0.4, 0.5) is 0 Å². The molecule has 2 aromatic rings. The van der Waals surface area contributed by atoms with Gasteiger partial charge in [0.15, 0.2) is 10.8 Å². The quantitative estimate of drug-likeness (QED) is 0.857. The monoisotopic (exact) mass is 348 g/mol. The molecule has 0 aliphatic heterocycles. The van der Waals surface area contributed by atoms with Crippen LogP contribution in [0.1, 0.15) is 47.5 Å². The zero-order chi connectivity index (χ0) is 17.2. The molecule has 0 atom stereocenters. The third kappa shape index (κ3) is 3.08. The zero-order valence-electron chi connectivity index (χ0n) is 13.8. The van der Waals surface area contributed by atoms with Crippen LogP contribution in [-0.2, 0) is 9.53 Å². The van der Waals surface area contributed by atoms with E-state index in [1.165, 1.54) is 18.4 Å². The van der Waals surface area contributed by atoms with Crippen molar-refractivity contribution in [3.05, 3.63) is 29.0 Å². The molecule has 1 aliphatic rings. The smallest absolute Gasteiger partial charge is 0.331 e. The molecule has 1 N–H and O–H groups in total. The number of rotatable bonds is 4. The van der Waals surface area contributed by atoms with E-state index in [1.54, 1.807) is 18.4 Å². The molecule has 0 spiro atoms. The van der Waals surface area contributed by atoms with Crippen LogP contribution in [-0.4, -0.2) is 29.5 Å². The van der Waals surface area contributed by atoms with E-state index in [-0.39, 0.29) is 11.9 Å². The van der Waals surface area contributed by atoms with Crippen LogP contribution >= 0.6 is 11.3 Å². The van der Waals surface area contributed by atoms with Gasteiger partial charge in [-0.3, -0.25) is 4.79 Å². The fourth-order valence-electron chi connectivity index (χ4n) is 3.12. The maximum Gasteiger partial charge on any atom is 0.331 e. The van der Waals surface area contributed by atoms with E-state index < -0.39 is 5.54 Å². The van der Waals surface area contributed by atoms with Gasteiger partial charge in [0.05, 0.1) is 13.4 Å². The van der Waals surface area contributed by atoms with Gasteiger partial charge in [-0.15, -0.1) is 11.3 Å². The number of methoxy groups -OCH3 is 1. The molecule has 1 amide bonds. The third-order valence-corrected chi connectivity index (χ3v) is 5.37. The standard InChI is InChI=1S/C17H20N2O4S/c1-11-13(18-15(24-11)12-7-6-10-23-12)14(20)19-17(16(21)22-2)8-4-3-5-9-17/h6-7,10H,3-5,8-9H2,1-2H3,(H,19,20). The molecule has 6 nitrogen and oxygen atoms in total. The number of amides is 1. The Bertz CT molecular complexity index is 730. The molecule has 2 heterocycles. The van der Waals surface area contributed by atoms with Crippen molar-refractivity contribution in [2.45, 2.75) is 44.6 Å². The van der Waals surface area contributed by atoms with Gasteiger partial charge in [-0.1, -0.05) is 19.3 Å². The van der Waals surface area contributed by atoms with Crippen LogP contribution in [0, 0.1) is 6.92 Å². The van der Waals surface area contributed by atoms with Gasteiger partial charge < -0.3 is 14.5 Å². The summed E-state index contributed by atoms with van der Waals surface area (Å²) >= 11 is 1.39. The highest BCUT2D eigenvalue weighted by Crippen LogP contribution is 2.31. The molecular formula is C17H20N2O4S. The van der Waals surface area contributed by atoms with Crippen molar-refractivity contribution in [3.8, 4) is 10.8 Å². The molecule has 7 heteroatoms. The van der Waals surface area contributed by atoms with E-state index in [2.05, 4.69) is 10.3 Å². The second kappa shape index (κ2) is 6.76. The van der Waals surface area contributed by atoms with Crippen molar-refractivity contribution < 1.29 is 18.7 Å². The highest BCUT2D eigenvalue weighted by molar-refractivity contribution is 7.15. The number of thiazole rings is 1. The van der Waals surface area contributed by atoms with Crippen LogP contribution in [0.15, 0.2) is 22.8 Å². The lowest BCUT2D eigenvalue weighted by Crippen LogP contribution is -2.56. The Hall–Kier alpha value is -2.15. The average molecular weight is 348 g/mol. The number of nitrogens with zero attached hydrogens (tertiary/aromatic N) is 1. The lowest BCUT2D eigenvalue weighted by molar-refractivity contribution is -0.149. The number of hydrogen-bond acceptors (Lipinski definition) is 6.